The average Bonchev–Trinajstić information content (AvgIpc) is 3.03. The van der Waals surface area contributed by atoms with Gasteiger partial charge in [0.25, 0.3) is 5.56 Å². The summed E-state index contributed by atoms with van der Waals surface area (Å²) in [6, 6.07) is 0.256. The molecule has 0 aromatic carbocycles. The molecule has 1 aliphatic rings. The van der Waals surface area contributed by atoms with Gasteiger partial charge in [-0.05, 0) is 12.8 Å². The first-order valence-corrected chi connectivity index (χ1v) is 5.54. The van der Waals surface area contributed by atoms with E-state index < -0.39 is 5.56 Å². The minimum Gasteiger partial charge on any atom is -0.352 e. The van der Waals surface area contributed by atoms with Crippen LogP contribution in [-0.4, -0.2) is 21.7 Å². The molecule has 1 aromatic rings. The predicted molar refractivity (Wildman–Crippen MR) is 59.7 cm³/mol. The molecule has 1 heterocycles. The van der Waals surface area contributed by atoms with Crippen LogP contribution in [-0.2, 0) is 11.3 Å². The molecular formula is C9H9Cl2N3O2. The standard InChI is InChI=1S/C9H9Cl2N3O2/c10-6-3-12-14(9(16)8(6)11)4-7(15)13-5-1-2-5/h3,5H,1-2,4H2,(H,13,15). The molecule has 1 fully saturated rings. The van der Waals surface area contributed by atoms with E-state index in [1.165, 1.54) is 6.20 Å². The quantitative estimate of drug-likeness (QED) is 0.877. The lowest BCUT2D eigenvalue weighted by atomic mass is 10.5. The van der Waals surface area contributed by atoms with Crippen LogP contribution >= 0.6 is 23.2 Å². The van der Waals surface area contributed by atoms with Crippen LogP contribution in [0.2, 0.25) is 10.0 Å². The number of hydrogen-bond acceptors (Lipinski definition) is 3. The molecule has 5 nitrogen and oxygen atoms in total. The number of nitrogens with one attached hydrogen (secondary N) is 1. The van der Waals surface area contributed by atoms with Crippen LogP contribution in [0.3, 0.4) is 0 Å². The monoisotopic (exact) mass is 261 g/mol. The molecule has 1 aromatic heterocycles. The number of nitrogens with zero attached hydrogens (tertiary/aromatic N) is 2. The summed E-state index contributed by atoms with van der Waals surface area (Å²) in [5.74, 6) is -0.240. The molecule has 1 saturated carbocycles. The zero-order chi connectivity index (χ0) is 11.7. The lowest BCUT2D eigenvalue weighted by Gasteiger charge is -2.05. The van der Waals surface area contributed by atoms with Gasteiger partial charge >= 0.3 is 0 Å². The SMILES string of the molecule is O=C(Cn1ncc(Cl)c(Cl)c1=O)NC1CC1. The minimum atomic E-state index is -0.555. The zero-order valence-corrected chi connectivity index (χ0v) is 9.75. The third kappa shape index (κ3) is 2.54. The number of carbonyl (C=O) groups excluding carboxylic acids is 1. The Balaban J connectivity index is 2.11. The fourth-order valence-electron chi connectivity index (χ4n) is 1.19. The number of hydrogen-bond donors (Lipinski definition) is 1. The van der Waals surface area contributed by atoms with E-state index in [0.717, 1.165) is 17.5 Å². The summed E-state index contributed by atoms with van der Waals surface area (Å²) in [6.07, 6.45) is 3.24. The number of aromatic nitrogens is 2. The van der Waals surface area contributed by atoms with Crippen molar-refractivity contribution in [2.75, 3.05) is 0 Å². The Bertz CT molecular complexity index is 482. The Morgan fingerprint density at radius 1 is 1.56 bits per heavy atom. The van der Waals surface area contributed by atoms with Crippen molar-refractivity contribution in [2.24, 2.45) is 0 Å². The van der Waals surface area contributed by atoms with Crippen LogP contribution < -0.4 is 10.9 Å². The van der Waals surface area contributed by atoms with Crippen molar-refractivity contribution in [3.8, 4) is 0 Å². The Morgan fingerprint density at radius 2 is 2.25 bits per heavy atom. The molecule has 0 bridgehead atoms. The number of rotatable bonds is 3. The first kappa shape index (κ1) is 11.4. The van der Waals surface area contributed by atoms with Gasteiger partial charge in [0.05, 0.1) is 11.2 Å². The van der Waals surface area contributed by atoms with Gasteiger partial charge in [-0.3, -0.25) is 9.59 Å². The summed E-state index contributed by atoms with van der Waals surface area (Å²) < 4.78 is 0.992. The molecule has 16 heavy (non-hydrogen) atoms. The highest BCUT2D eigenvalue weighted by Gasteiger charge is 2.23. The smallest absolute Gasteiger partial charge is 0.287 e. The highest BCUT2D eigenvalue weighted by Crippen LogP contribution is 2.18. The van der Waals surface area contributed by atoms with Crippen LogP contribution in [0.4, 0.5) is 0 Å². The van der Waals surface area contributed by atoms with Crippen LogP contribution in [0.1, 0.15) is 12.8 Å². The van der Waals surface area contributed by atoms with Gasteiger partial charge in [-0.1, -0.05) is 23.2 Å². The molecule has 1 aliphatic carbocycles. The summed E-state index contributed by atoms with van der Waals surface area (Å²) in [5.41, 5.74) is -0.555. The molecule has 86 valence electrons. The van der Waals surface area contributed by atoms with Gasteiger partial charge in [0.15, 0.2) is 0 Å². The summed E-state index contributed by atoms with van der Waals surface area (Å²) in [6.45, 7) is -0.133. The van der Waals surface area contributed by atoms with E-state index in [-0.39, 0.29) is 28.5 Å². The first-order chi connectivity index (χ1) is 7.58. The maximum absolute atomic E-state index is 11.5. The molecule has 0 radical (unpaired) electrons. The van der Waals surface area contributed by atoms with Crippen molar-refractivity contribution < 1.29 is 4.79 Å². The Hall–Kier alpha value is -1.07. The summed E-state index contributed by atoms with van der Waals surface area (Å²) in [4.78, 5) is 23.0. The van der Waals surface area contributed by atoms with Crippen molar-refractivity contribution >= 4 is 29.1 Å². The normalized spacial score (nSPS) is 14.9. The Morgan fingerprint density at radius 3 is 2.88 bits per heavy atom. The number of carbonyl (C=O) groups is 1. The molecule has 0 saturated heterocycles. The number of amides is 1. The molecule has 0 atom stereocenters. The summed E-state index contributed by atoms with van der Waals surface area (Å²) >= 11 is 11.3. The topological polar surface area (TPSA) is 64.0 Å². The lowest BCUT2D eigenvalue weighted by Crippen LogP contribution is -2.34. The van der Waals surface area contributed by atoms with Gasteiger partial charge in [0.1, 0.15) is 11.6 Å². The zero-order valence-electron chi connectivity index (χ0n) is 8.24. The third-order valence-electron chi connectivity index (χ3n) is 2.18. The van der Waals surface area contributed by atoms with Gasteiger partial charge in [0, 0.05) is 6.04 Å². The second-order valence-electron chi connectivity index (χ2n) is 3.61. The van der Waals surface area contributed by atoms with E-state index in [9.17, 15) is 9.59 Å². The van der Waals surface area contributed by atoms with Crippen molar-refractivity contribution in [1.82, 2.24) is 15.1 Å². The van der Waals surface area contributed by atoms with E-state index >= 15 is 0 Å². The molecule has 7 heteroatoms. The Kier molecular flexibility index (Phi) is 3.16. The average molecular weight is 262 g/mol. The largest absolute Gasteiger partial charge is 0.352 e. The molecular weight excluding hydrogens is 253 g/mol. The van der Waals surface area contributed by atoms with Crippen LogP contribution in [0, 0.1) is 0 Å². The molecule has 0 unspecified atom stereocenters. The molecule has 0 spiro atoms. The number of halogens is 2. The highest BCUT2D eigenvalue weighted by molar-refractivity contribution is 6.41. The van der Waals surface area contributed by atoms with Crippen LogP contribution in [0.5, 0.6) is 0 Å². The van der Waals surface area contributed by atoms with Crippen molar-refractivity contribution in [3.05, 3.63) is 26.6 Å². The third-order valence-corrected chi connectivity index (χ3v) is 2.93. The van der Waals surface area contributed by atoms with Gasteiger partial charge < -0.3 is 5.32 Å². The van der Waals surface area contributed by atoms with Gasteiger partial charge in [-0.25, -0.2) is 4.68 Å². The first-order valence-electron chi connectivity index (χ1n) is 4.78. The lowest BCUT2D eigenvalue weighted by molar-refractivity contribution is -0.122. The summed E-state index contributed by atoms with van der Waals surface area (Å²) in [7, 11) is 0. The van der Waals surface area contributed by atoms with E-state index in [0.29, 0.717) is 0 Å². The van der Waals surface area contributed by atoms with Crippen molar-refractivity contribution in [3.63, 3.8) is 0 Å². The van der Waals surface area contributed by atoms with E-state index in [4.69, 9.17) is 23.2 Å². The maximum atomic E-state index is 11.5. The molecule has 1 amide bonds. The van der Waals surface area contributed by atoms with Crippen LogP contribution in [0.25, 0.3) is 0 Å². The van der Waals surface area contributed by atoms with Gasteiger partial charge in [-0.2, -0.15) is 5.10 Å². The predicted octanol–water partition coefficient (Wildman–Crippen LogP) is 0.829. The van der Waals surface area contributed by atoms with Crippen molar-refractivity contribution in [2.45, 2.75) is 25.4 Å². The second-order valence-corrected chi connectivity index (χ2v) is 4.40. The fourth-order valence-corrected chi connectivity index (χ4v) is 1.47. The van der Waals surface area contributed by atoms with E-state index in [2.05, 4.69) is 10.4 Å². The highest BCUT2D eigenvalue weighted by atomic mass is 35.5. The van der Waals surface area contributed by atoms with Gasteiger partial charge in [-0.15, -0.1) is 0 Å². The molecule has 0 aliphatic heterocycles. The fraction of sp³-hybridized carbons (Fsp3) is 0.444. The van der Waals surface area contributed by atoms with E-state index in [1.807, 2.05) is 0 Å². The molecule has 2 rings (SSSR count). The Labute approximate surface area is 101 Å². The second kappa shape index (κ2) is 4.43. The van der Waals surface area contributed by atoms with Crippen LogP contribution in [0.15, 0.2) is 11.0 Å². The van der Waals surface area contributed by atoms with E-state index in [1.54, 1.807) is 0 Å². The molecule has 1 N–H and O–H groups in total. The maximum Gasteiger partial charge on any atom is 0.287 e. The van der Waals surface area contributed by atoms with Gasteiger partial charge in [0.2, 0.25) is 5.91 Å². The minimum absolute atomic E-state index is 0.0884. The summed E-state index contributed by atoms with van der Waals surface area (Å²) in [5, 5.41) is 6.46. The van der Waals surface area contributed by atoms with Crippen molar-refractivity contribution in [1.29, 1.82) is 0 Å².